The fourth-order valence-corrected chi connectivity index (χ4v) is 4.88. The summed E-state index contributed by atoms with van der Waals surface area (Å²) in [5, 5.41) is 4.23. The third-order valence-corrected chi connectivity index (χ3v) is 6.57. The molecule has 22 heavy (non-hydrogen) atoms. The molecule has 0 radical (unpaired) electrons. The fraction of sp³-hybridized carbons (Fsp3) is 0.375. The second-order valence-corrected chi connectivity index (χ2v) is 8.35. The van der Waals surface area contributed by atoms with Crippen LogP contribution in [-0.2, 0) is 16.6 Å². The molecule has 0 amide bonds. The van der Waals surface area contributed by atoms with Gasteiger partial charge in [0.25, 0.3) is 0 Å². The summed E-state index contributed by atoms with van der Waals surface area (Å²) in [6, 6.07) is 9.26. The number of rotatable bonds is 4. The molecule has 2 aromatic rings. The zero-order chi connectivity index (χ0) is 15.6. The number of sulfonamides is 1. The highest BCUT2D eigenvalue weighted by Gasteiger charge is 2.28. The van der Waals surface area contributed by atoms with Gasteiger partial charge in [-0.25, -0.2) is 8.42 Å². The van der Waals surface area contributed by atoms with E-state index in [9.17, 15) is 8.42 Å². The van der Waals surface area contributed by atoms with Gasteiger partial charge < -0.3 is 0 Å². The van der Waals surface area contributed by atoms with Gasteiger partial charge >= 0.3 is 0 Å². The first-order chi connectivity index (χ1) is 10.6. The van der Waals surface area contributed by atoms with Crippen molar-refractivity contribution in [2.45, 2.75) is 18.4 Å². The summed E-state index contributed by atoms with van der Waals surface area (Å²) in [5.74, 6) is 0. The zero-order valence-electron chi connectivity index (χ0n) is 12.6. The van der Waals surface area contributed by atoms with Crippen molar-refractivity contribution in [3.05, 3.63) is 52.2 Å². The third kappa shape index (κ3) is 3.41. The van der Waals surface area contributed by atoms with Crippen molar-refractivity contribution in [2.24, 2.45) is 0 Å². The number of nitrogens with zero attached hydrogens (tertiary/aromatic N) is 2. The van der Waals surface area contributed by atoms with Gasteiger partial charge in [0.2, 0.25) is 10.0 Å². The van der Waals surface area contributed by atoms with E-state index in [-0.39, 0.29) is 0 Å². The van der Waals surface area contributed by atoms with Crippen LogP contribution < -0.4 is 0 Å². The third-order valence-electron chi connectivity index (χ3n) is 3.94. The predicted octanol–water partition coefficient (Wildman–Crippen LogP) is 2.56. The number of aryl methyl sites for hydroxylation is 1. The maximum absolute atomic E-state index is 12.7. The van der Waals surface area contributed by atoms with Crippen LogP contribution in [0, 0.1) is 6.92 Å². The molecule has 0 aliphatic carbocycles. The Morgan fingerprint density at radius 3 is 2.55 bits per heavy atom. The molecule has 1 saturated heterocycles. The lowest BCUT2D eigenvalue weighted by atomic mass is 10.2. The number of hydrogen-bond acceptors (Lipinski definition) is 4. The number of hydrogen-bond donors (Lipinski definition) is 0. The van der Waals surface area contributed by atoms with E-state index in [0.29, 0.717) is 18.0 Å². The second kappa shape index (κ2) is 6.50. The SMILES string of the molecule is Cc1cccc(S(=O)(=O)N2CCN(Cc3ccsc3)CC2)c1. The Morgan fingerprint density at radius 2 is 1.91 bits per heavy atom. The van der Waals surface area contributed by atoms with Gasteiger partial charge in [-0.3, -0.25) is 4.90 Å². The minimum absolute atomic E-state index is 0.402. The van der Waals surface area contributed by atoms with Crippen LogP contribution >= 0.6 is 11.3 Å². The lowest BCUT2D eigenvalue weighted by molar-refractivity contribution is 0.182. The van der Waals surface area contributed by atoms with Crippen LogP contribution in [0.3, 0.4) is 0 Å². The Hall–Kier alpha value is -1.21. The molecule has 4 nitrogen and oxygen atoms in total. The Morgan fingerprint density at radius 1 is 1.14 bits per heavy atom. The monoisotopic (exact) mass is 336 g/mol. The molecule has 1 aromatic carbocycles. The highest BCUT2D eigenvalue weighted by atomic mass is 32.2. The molecule has 1 aromatic heterocycles. The average molecular weight is 336 g/mol. The van der Waals surface area contributed by atoms with Gasteiger partial charge in [-0.15, -0.1) is 0 Å². The predicted molar refractivity (Wildman–Crippen MR) is 89.5 cm³/mol. The van der Waals surface area contributed by atoms with E-state index in [1.54, 1.807) is 33.8 Å². The van der Waals surface area contributed by atoms with E-state index in [4.69, 9.17) is 0 Å². The normalized spacial score (nSPS) is 17.7. The zero-order valence-corrected chi connectivity index (χ0v) is 14.2. The number of benzene rings is 1. The molecule has 3 rings (SSSR count). The molecule has 2 heterocycles. The van der Waals surface area contributed by atoms with E-state index < -0.39 is 10.0 Å². The molecule has 0 spiro atoms. The van der Waals surface area contributed by atoms with Gasteiger partial charge in [-0.05, 0) is 47.0 Å². The van der Waals surface area contributed by atoms with Gasteiger partial charge in [0, 0.05) is 32.7 Å². The lowest BCUT2D eigenvalue weighted by Crippen LogP contribution is -2.48. The van der Waals surface area contributed by atoms with Crippen molar-refractivity contribution in [1.29, 1.82) is 0 Å². The lowest BCUT2D eigenvalue weighted by Gasteiger charge is -2.33. The van der Waals surface area contributed by atoms with Crippen LogP contribution in [0.15, 0.2) is 46.0 Å². The molecular formula is C16H20N2O2S2. The quantitative estimate of drug-likeness (QED) is 0.861. The first-order valence-corrected chi connectivity index (χ1v) is 9.74. The molecule has 0 N–H and O–H groups in total. The fourth-order valence-electron chi connectivity index (χ4n) is 2.69. The van der Waals surface area contributed by atoms with E-state index in [2.05, 4.69) is 21.7 Å². The van der Waals surface area contributed by atoms with Crippen molar-refractivity contribution in [3.8, 4) is 0 Å². The van der Waals surface area contributed by atoms with Crippen molar-refractivity contribution in [3.63, 3.8) is 0 Å². The Bertz CT molecular complexity index is 718. The molecule has 0 atom stereocenters. The number of thiophene rings is 1. The van der Waals surface area contributed by atoms with Crippen molar-refractivity contribution >= 4 is 21.4 Å². The van der Waals surface area contributed by atoms with Gasteiger partial charge in [0.05, 0.1) is 4.90 Å². The summed E-state index contributed by atoms with van der Waals surface area (Å²) in [6.45, 7) is 5.49. The van der Waals surface area contributed by atoms with Crippen LogP contribution in [0.5, 0.6) is 0 Å². The van der Waals surface area contributed by atoms with Crippen LogP contribution in [-0.4, -0.2) is 43.8 Å². The highest BCUT2D eigenvalue weighted by Crippen LogP contribution is 2.19. The summed E-state index contributed by atoms with van der Waals surface area (Å²) >= 11 is 1.70. The first-order valence-electron chi connectivity index (χ1n) is 7.36. The molecule has 0 saturated carbocycles. The summed E-state index contributed by atoms with van der Waals surface area (Å²) in [4.78, 5) is 2.71. The van der Waals surface area contributed by atoms with Crippen LogP contribution in [0.2, 0.25) is 0 Å². The Kier molecular flexibility index (Phi) is 4.63. The summed E-state index contributed by atoms with van der Waals surface area (Å²) in [6.07, 6.45) is 0. The van der Waals surface area contributed by atoms with Crippen LogP contribution in [0.4, 0.5) is 0 Å². The minimum Gasteiger partial charge on any atom is -0.296 e. The Labute approximate surface area is 136 Å². The van der Waals surface area contributed by atoms with Crippen LogP contribution in [0.1, 0.15) is 11.1 Å². The van der Waals surface area contributed by atoms with Crippen molar-refractivity contribution < 1.29 is 8.42 Å². The van der Waals surface area contributed by atoms with Gasteiger partial charge in [0.15, 0.2) is 0 Å². The van der Waals surface area contributed by atoms with E-state index in [1.165, 1.54) is 5.56 Å². The smallest absolute Gasteiger partial charge is 0.243 e. The maximum atomic E-state index is 12.7. The second-order valence-electron chi connectivity index (χ2n) is 5.63. The number of piperazine rings is 1. The van der Waals surface area contributed by atoms with E-state index in [1.807, 2.05) is 13.0 Å². The summed E-state index contributed by atoms with van der Waals surface area (Å²) < 4.78 is 26.9. The van der Waals surface area contributed by atoms with Gasteiger partial charge in [-0.1, -0.05) is 12.1 Å². The average Bonchev–Trinajstić information content (AvgIpc) is 3.01. The molecule has 0 unspecified atom stereocenters. The standard InChI is InChI=1S/C16H20N2O2S2/c1-14-3-2-4-16(11-14)22(19,20)18-8-6-17(7-9-18)12-15-5-10-21-13-15/h2-5,10-11,13H,6-9,12H2,1H3. The topological polar surface area (TPSA) is 40.6 Å². The largest absolute Gasteiger partial charge is 0.296 e. The van der Waals surface area contributed by atoms with Gasteiger partial charge in [0.1, 0.15) is 0 Å². The molecule has 6 heteroatoms. The Balaban J connectivity index is 1.65. The molecule has 1 fully saturated rings. The molecule has 1 aliphatic heterocycles. The minimum atomic E-state index is -3.36. The van der Waals surface area contributed by atoms with Crippen molar-refractivity contribution in [1.82, 2.24) is 9.21 Å². The summed E-state index contributed by atoms with van der Waals surface area (Å²) in [7, 11) is -3.36. The molecular weight excluding hydrogens is 316 g/mol. The van der Waals surface area contributed by atoms with Gasteiger partial charge in [-0.2, -0.15) is 15.6 Å². The van der Waals surface area contributed by atoms with E-state index >= 15 is 0 Å². The first kappa shape index (κ1) is 15.7. The molecule has 1 aliphatic rings. The summed E-state index contributed by atoms with van der Waals surface area (Å²) in [5.41, 5.74) is 2.28. The molecule has 0 bridgehead atoms. The van der Waals surface area contributed by atoms with Crippen molar-refractivity contribution in [2.75, 3.05) is 26.2 Å². The molecule has 118 valence electrons. The van der Waals surface area contributed by atoms with Crippen LogP contribution in [0.25, 0.3) is 0 Å². The maximum Gasteiger partial charge on any atom is 0.243 e. The highest BCUT2D eigenvalue weighted by molar-refractivity contribution is 7.89. The van der Waals surface area contributed by atoms with E-state index in [0.717, 1.165) is 25.2 Å².